The summed E-state index contributed by atoms with van der Waals surface area (Å²) in [7, 11) is 0. The van der Waals surface area contributed by atoms with Gasteiger partial charge in [0.15, 0.2) is 0 Å². The molecule has 0 spiro atoms. The maximum absolute atomic E-state index is 12.9. The van der Waals surface area contributed by atoms with Crippen molar-refractivity contribution in [1.82, 2.24) is 9.97 Å². The van der Waals surface area contributed by atoms with Crippen LogP contribution in [0.3, 0.4) is 0 Å². The average Bonchev–Trinajstić information content (AvgIpc) is 2.60. The van der Waals surface area contributed by atoms with Crippen molar-refractivity contribution in [2.24, 2.45) is 0 Å². The third-order valence-electron chi connectivity index (χ3n) is 4.01. The van der Waals surface area contributed by atoms with Crippen molar-refractivity contribution in [1.29, 1.82) is 0 Å². The number of nitrogens with one attached hydrogen (secondary N) is 2. The summed E-state index contributed by atoms with van der Waals surface area (Å²) in [4.78, 5) is 8.69. The van der Waals surface area contributed by atoms with Crippen LogP contribution in [0.15, 0.2) is 54.6 Å². The van der Waals surface area contributed by atoms with Crippen LogP contribution in [0.1, 0.15) is 22.4 Å². The molecule has 2 aromatic carbocycles. The number of rotatable bonds is 5. The first kappa shape index (κ1) is 18.7. The number of nitrogens with zero attached hydrogens (tertiary/aromatic N) is 2. The number of hydrogen-bond donors (Lipinski definition) is 2. The lowest BCUT2D eigenvalue weighted by atomic mass is 10.1. The highest BCUT2D eigenvalue weighted by Gasteiger charge is 2.30. The van der Waals surface area contributed by atoms with Gasteiger partial charge in [0.1, 0.15) is 5.82 Å². The van der Waals surface area contributed by atoms with Crippen LogP contribution in [-0.4, -0.2) is 9.97 Å². The van der Waals surface area contributed by atoms with Crippen molar-refractivity contribution in [3.8, 4) is 0 Å². The third kappa shape index (κ3) is 4.97. The minimum Gasteiger partial charge on any atom is -0.350 e. The largest absolute Gasteiger partial charge is 0.416 e. The molecule has 1 heterocycles. The van der Waals surface area contributed by atoms with Crippen LogP contribution < -0.4 is 10.6 Å². The molecular weight excluding hydrogens is 353 g/mol. The van der Waals surface area contributed by atoms with Crippen LogP contribution >= 0.6 is 0 Å². The maximum Gasteiger partial charge on any atom is 0.416 e. The molecule has 140 valence electrons. The fourth-order valence-corrected chi connectivity index (χ4v) is 2.62. The summed E-state index contributed by atoms with van der Waals surface area (Å²) >= 11 is 0. The number of alkyl halides is 3. The zero-order valence-electron chi connectivity index (χ0n) is 14.9. The Kier molecular flexibility index (Phi) is 5.30. The molecule has 0 saturated carbocycles. The van der Waals surface area contributed by atoms with Gasteiger partial charge in [0, 0.05) is 24.0 Å². The van der Waals surface area contributed by atoms with Crippen molar-refractivity contribution < 1.29 is 13.2 Å². The van der Waals surface area contributed by atoms with Gasteiger partial charge in [-0.1, -0.05) is 30.3 Å². The molecule has 0 bridgehead atoms. The molecule has 0 atom stereocenters. The molecule has 2 N–H and O–H groups in total. The van der Waals surface area contributed by atoms with Gasteiger partial charge in [0.25, 0.3) is 0 Å². The van der Waals surface area contributed by atoms with Gasteiger partial charge in [-0.2, -0.15) is 18.2 Å². The van der Waals surface area contributed by atoms with Crippen LogP contribution in [-0.2, 0) is 12.7 Å². The fraction of sp³-hybridized carbons (Fsp3) is 0.200. The van der Waals surface area contributed by atoms with E-state index >= 15 is 0 Å². The molecule has 0 aliphatic carbocycles. The molecule has 0 aliphatic heterocycles. The van der Waals surface area contributed by atoms with Crippen LogP contribution in [0, 0.1) is 13.8 Å². The fourth-order valence-electron chi connectivity index (χ4n) is 2.62. The molecule has 27 heavy (non-hydrogen) atoms. The third-order valence-corrected chi connectivity index (χ3v) is 4.01. The number of aryl methyl sites for hydroxylation is 2. The Morgan fingerprint density at radius 3 is 2.44 bits per heavy atom. The summed E-state index contributed by atoms with van der Waals surface area (Å²) in [5, 5.41) is 6.08. The molecule has 4 nitrogen and oxygen atoms in total. The zero-order chi connectivity index (χ0) is 19.4. The Morgan fingerprint density at radius 2 is 1.70 bits per heavy atom. The molecular formula is C20H19F3N4. The van der Waals surface area contributed by atoms with E-state index in [0.717, 1.165) is 23.3 Å². The Hall–Kier alpha value is -3.09. The lowest BCUT2D eigenvalue weighted by Gasteiger charge is -2.12. The van der Waals surface area contributed by atoms with Gasteiger partial charge >= 0.3 is 6.18 Å². The van der Waals surface area contributed by atoms with Crippen molar-refractivity contribution >= 4 is 17.5 Å². The van der Waals surface area contributed by atoms with Crippen molar-refractivity contribution in [2.45, 2.75) is 26.6 Å². The van der Waals surface area contributed by atoms with E-state index in [9.17, 15) is 13.2 Å². The van der Waals surface area contributed by atoms with Crippen LogP contribution in [0.25, 0.3) is 0 Å². The summed E-state index contributed by atoms with van der Waals surface area (Å²) in [5.74, 6) is 0.835. The van der Waals surface area contributed by atoms with Gasteiger partial charge in [-0.15, -0.1) is 0 Å². The molecule has 1 aromatic heterocycles. The van der Waals surface area contributed by atoms with Crippen molar-refractivity contribution in [3.63, 3.8) is 0 Å². The van der Waals surface area contributed by atoms with Gasteiger partial charge in [-0.25, -0.2) is 4.98 Å². The van der Waals surface area contributed by atoms with E-state index in [-0.39, 0.29) is 0 Å². The number of hydrogen-bond acceptors (Lipinski definition) is 4. The number of aromatic nitrogens is 2. The second-order valence-corrected chi connectivity index (χ2v) is 6.20. The highest BCUT2D eigenvalue weighted by atomic mass is 19.4. The minimum absolute atomic E-state index is 0.313. The van der Waals surface area contributed by atoms with E-state index in [1.165, 1.54) is 6.07 Å². The highest BCUT2D eigenvalue weighted by molar-refractivity contribution is 5.58. The Balaban J connectivity index is 1.77. The monoisotopic (exact) mass is 372 g/mol. The summed E-state index contributed by atoms with van der Waals surface area (Å²) in [6.07, 6.45) is -4.39. The summed E-state index contributed by atoms with van der Waals surface area (Å²) in [6.45, 7) is 4.38. The number of anilines is 3. The molecule has 3 aromatic rings. The average molecular weight is 372 g/mol. The van der Waals surface area contributed by atoms with E-state index in [0.29, 0.717) is 29.7 Å². The predicted molar refractivity (Wildman–Crippen MR) is 100 cm³/mol. The molecule has 0 aliphatic rings. The molecule has 0 radical (unpaired) electrons. The van der Waals surface area contributed by atoms with E-state index in [4.69, 9.17) is 0 Å². The second kappa shape index (κ2) is 7.65. The summed E-state index contributed by atoms with van der Waals surface area (Å²) in [5.41, 5.74) is 2.57. The van der Waals surface area contributed by atoms with Crippen LogP contribution in [0.4, 0.5) is 30.6 Å². The number of halogens is 3. The minimum atomic E-state index is -4.39. The Bertz CT molecular complexity index is 939. The first-order valence-corrected chi connectivity index (χ1v) is 8.39. The molecule has 0 fully saturated rings. The SMILES string of the molecule is Cc1cc(Nc2cccc(C(F)(F)F)c2)nc(NCc2ccccc2C)n1. The van der Waals surface area contributed by atoms with Crippen molar-refractivity contribution in [3.05, 3.63) is 77.0 Å². The van der Waals surface area contributed by atoms with Gasteiger partial charge in [0.2, 0.25) is 5.95 Å². The van der Waals surface area contributed by atoms with E-state index in [1.807, 2.05) is 31.2 Å². The normalized spacial score (nSPS) is 11.3. The quantitative estimate of drug-likeness (QED) is 0.624. The van der Waals surface area contributed by atoms with Gasteiger partial charge in [-0.3, -0.25) is 0 Å². The van der Waals surface area contributed by atoms with Crippen molar-refractivity contribution in [2.75, 3.05) is 10.6 Å². The molecule has 3 rings (SSSR count). The maximum atomic E-state index is 12.9. The molecule has 7 heteroatoms. The smallest absolute Gasteiger partial charge is 0.350 e. The standard InChI is InChI=1S/C20H19F3N4/c1-13-6-3-4-7-15(13)12-24-19-25-14(2)10-18(27-19)26-17-9-5-8-16(11-17)20(21,22)23/h3-11H,12H2,1-2H3,(H2,24,25,26,27). The summed E-state index contributed by atoms with van der Waals surface area (Å²) in [6, 6.07) is 14.7. The topological polar surface area (TPSA) is 49.8 Å². The van der Waals surface area contributed by atoms with E-state index < -0.39 is 11.7 Å². The lowest BCUT2D eigenvalue weighted by molar-refractivity contribution is -0.137. The van der Waals surface area contributed by atoms with Gasteiger partial charge in [0.05, 0.1) is 5.56 Å². The molecule has 0 amide bonds. The first-order chi connectivity index (χ1) is 12.8. The van der Waals surface area contributed by atoms with E-state index in [1.54, 1.807) is 19.1 Å². The van der Waals surface area contributed by atoms with Gasteiger partial charge < -0.3 is 10.6 Å². The Labute approximate surface area is 155 Å². The number of benzene rings is 2. The first-order valence-electron chi connectivity index (χ1n) is 8.39. The lowest BCUT2D eigenvalue weighted by Crippen LogP contribution is -2.08. The predicted octanol–water partition coefficient (Wildman–Crippen LogP) is 5.47. The summed E-state index contributed by atoms with van der Waals surface area (Å²) < 4.78 is 38.6. The van der Waals surface area contributed by atoms with Gasteiger partial charge in [-0.05, 0) is 43.2 Å². The zero-order valence-corrected chi connectivity index (χ0v) is 14.9. The van der Waals surface area contributed by atoms with Crippen LogP contribution in [0.5, 0.6) is 0 Å². The van der Waals surface area contributed by atoms with E-state index in [2.05, 4.69) is 20.6 Å². The second-order valence-electron chi connectivity index (χ2n) is 6.20. The highest BCUT2D eigenvalue weighted by Crippen LogP contribution is 2.31. The Morgan fingerprint density at radius 1 is 0.926 bits per heavy atom. The molecule has 0 saturated heterocycles. The van der Waals surface area contributed by atoms with Crippen LogP contribution in [0.2, 0.25) is 0 Å². The molecule has 0 unspecified atom stereocenters.